The lowest BCUT2D eigenvalue weighted by Gasteiger charge is -2.41. The first-order valence-corrected chi connectivity index (χ1v) is 12.4. The van der Waals surface area contributed by atoms with Gasteiger partial charge in [-0.2, -0.15) is 10.3 Å². The Hall–Kier alpha value is -4.03. The van der Waals surface area contributed by atoms with Gasteiger partial charge in [-0.15, -0.1) is 0 Å². The van der Waals surface area contributed by atoms with E-state index in [1.165, 1.54) is 18.3 Å². The molecule has 1 aliphatic carbocycles. The molecule has 0 unspecified atom stereocenters. The minimum Gasteiger partial charge on any atom is -0.384 e. The number of rotatable bonds is 9. The second-order valence-corrected chi connectivity index (χ2v) is 9.77. The third kappa shape index (κ3) is 6.80. The Kier molecular flexibility index (Phi) is 7.99. The minimum atomic E-state index is -0.788. The molecule has 0 atom stereocenters. The van der Waals surface area contributed by atoms with Gasteiger partial charge in [0.1, 0.15) is 11.7 Å². The van der Waals surface area contributed by atoms with Crippen molar-refractivity contribution in [2.75, 3.05) is 13.1 Å². The fourth-order valence-corrected chi connectivity index (χ4v) is 4.49. The zero-order valence-corrected chi connectivity index (χ0v) is 20.6. The molecule has 1 saturated heterocycles. The van der Waals surface area contributed by atoms with Crippen LogP contribution in [0.25, 0.3) is 11.1 Å². The summed E-state index contributed by atoms with van der Waals surface area (Å²) in [6.45, 7) is 2.23. The maximum Gasteiger partial charge on any atom is 0.253 e. The third-order valence-corrected chi connectivity index (χ3v) is 6.97. The van der Waals surface area contributed by atoms with Gasteiger partial charge in [0.2, 0.25) is 0 Å². The number of hydrogen-bond donors (Lipinski definition) is 3. The molecule has 9 heteroatoms. The molecule has 8 nitrogen and oxygen atoms in total. The molecule has 4 rings (SSSR count). The average Bonchev–Trinajstić information content (AvgIpc) is 3.72. The number of amides is 2. The van der Waals surface area contributed by atoms with Crippen molar-refractivity contribution in [3.05, 3.63) is 71.7 Å². The smallest absolute Gasteiger partial charge is 0.253 e. The number of aliphatic imine (C=N–C) groups is 1. The molecule has 0 aromatic heterocycles. The van der Waals surface area contributed by atoms with Crippen LogP contribution >= 0.6 is 0 Å². The topological polar surface area (TPSA) is 138 Å². The summed E-state index contributed by atoms with van der Waals surface area (Å²) < 4.78 is 13.5. The van der Waals surface area contributed by atoms with Crippen molar-refractivity contribution >= 4 is 17.6 Å². The van der Waals surface area contributed by atoms with Gasteiger partial charge >= 0.3 is 0 Å². The molecule has 2 aromatic rings. The van der Waals surface area contributed by atoms with Crippen LogP contribution in [0.1, 0.15) is 37.7 Å². The van der Waals surface area contributed by atoms with Crippen molar-refractivity contribution in [2.24, 2.45) is 22.4 Å². The molecule has 0 bridgehead atoms. The van der Waals surface area contributed by atoms with E-state index in [-0.39, 0.29) is 35.5 Å². The van der Waals surface area contributed by atoms with E-state index in [0.29, 0.717) is 12.8 Å². The van der Waals surface area contributed by atoms with E-state index in [9.17, 15) is 19.2 Å². The Morgan fingerprint density at radius 1 is 1.14 bits per heavy atom. The number of carbonyl (C=O) groups excluding carboxylic acids is 2. The highest BCUT2D eigenvalue weighted by molar-refractivity contribution is 6.21. The number of piperidine rings is 1. The van der Waals surface area contributed by atoms with Crippen LogP contribution in [-0.4, -0.2) is 41.2 Å². The molecule has 2 amide bonds. The van der Waals surface area contributed by atoms with Crippen LogP contribution in [0.2, 0.25) is 0 Å². The number of nitriles is 1. The average molecular weight is 503 g/mol. The van der Waals surface area contributed by atoms with E-state index in [1.54, 1.807) is 6.07 Å². The van der Waals surface area contributed by atoms with Crippen molar-refractivity contribution in [3.8, 4) is 17.2 Å². The quantitative estimate of drug-likeness (QED) is 0.274. The number of nitrogens with one attached hydrogen (secondary N) is 1. The van der Waals surface area contributed by atoms with Crippen LogP contribution in [0, 0.1) is 23.1 Å². The number of likely N-dealkylation sites (tertiary alicyclic amines) is 1. The second kappa shape index (κ2) is 11.4. The predicted molar refractivity (Wildman–Crippen MR) is 139 cm³/mol. The Morgan fingerprint density at radius 2 is 1.84 bits per heavy atom. The summed E-state index contributed by atoms with van der Waals surface area (Å²) in [5.41, 5.74) is 13.7. The lowest BCUT2D eigenvalue weighted by molar-refractivity contribution is -0.118. The van der Waals surface area contributed by atoms with E-state index < -0.39 is 11.4 Å². The summed E-state index contributed by atoms with van der Waals surface area (Å²) in [6.07, 6.45) is 4.54. The van der Waals surface area contributed by atoms with Gasteiger partial charge < -0.3 is 16.8 Å². The molecule has 2 aromatic carbocycles. The van der Waals surface area contributed by atoms with Crippen LogP contribution < -0.4 is 16.8 Å². The minimum absolute atomic E-state index is 0.0628. The first-order chi connectivity index (χ1) is 17.8. The monoisotopic (exact) mass is 502 g/mol. The largest absolute Gasteiger partial charge is 0.384 e. The van der Waals surface area contributed by atoms with Gasteiger partial charge in [0, 0.05) is 31.8 Å². The Morgan fingerprint density at radius 3 is 2.43 bits per heavy atom. The van der Waals surface area contributed by atoms with Crippen LogP contribution in [0.3, 0.4) is 0 Å². The first-order valence-electron chi connectivity index (χ1n) is 12.4. The number of carbonyl (C=O) groups is 2. The van der Waals surface area contributed by atoms with Crippen molar-refractivity contribution < 1.29 is 14.0 Å². The van der Waals surface area contributed by atoms with Crippen LogP contribution in [0.4, 0.5) is 4.39 Å². The Bertz CT molecular complexity index is 1250. The molecule has 5 N–H and O–H groups in total. The van der Waals surface area contributed by atoms with Gasteiger partial charge in [0.25, 0.3) is 11.8 Å². The molecule has 0 spiro atoms. The highest BCUT2D eigenvalue weighted by atomic mass is 19.1. The van der Waals surface area contributed by atoms with E-state index in [4.69, 9.17) is 11.5 Å². The summed E-state index contributed by atoms with van der Waals surface area (Å²) in [5.74, 6) is -1.71. The molecular formula is C28H31FN6O2. The Balaban J connectivity index is 1.38. The van der Waals surface area contributed by atoms with Gasteiger partial charge in [-0.25, -0.2) is 4.39 Å². The van der Waals surface area contributed by atoms with Crippen molar-refractivity contribution in [1.29, 1.82) is 5.26 Å². The summed E-state index contributed by atoms with van der Waals surface area (Å²) in [5, 5.41) is 12.7. The van der Waals surface area contributed by atoms with Gasteiger partial charge in [-0.1, -0.05) is 36.4 Å². The predicted octanol–water partition coefficient (Wildman–Crippen LogP) is 2.99. The van der Waals surface area contributed by atoms with Gasteiger partial charge in [-0.3, -0.25) is 14.5 Å². The van der Waals surface area contributed by atoms with Crippen molar-refractivity contribution in [1.82, 2.24) is 10.2 Å². The fourth-order valence-electron chi connectivity index (χ4n) is 4.49. The lowest BCUT2D eigenvalue weighted by Crippen LogP contribution is -2.51. The molecule has 1 saturated carbocycles. The highest BCUT2D eigenvalue weighted by Crippen LogP contribution is 2.30. The number of amidine groups is 1. The maximum absolute atomic E-state index is 13.5. The zero-order valence-electron chi connectivity index (χ0n) is 20.6. The molecule has 2 fully saturated rings. The summed E-state index contributed by atoms with van der Waals surface area (Å²) in [6, 6.07) is 16.8. The number of hydrogen-bond acceptors (Lipinski definition) is 5. The molecule has 2 aliphatic rings. The van der Waals surface area contributed by atoms with Gasteiger partial charge in [0.05, 0.1) is 23.6 Å². The fraction of sp³-hybridized carbons (Fsp3) is 0.357. The summed E-state index contributed by atoms with van der Waals surface area (Å²) in [4.78, 5) is 30.1. The standard InChI is InChI=1S/C28H31FN6O2/c29-23-3-1-2-22(16-23)20-6-4-19(5-7-20)18-35-14-11-28(10-13-30,12-15-35)33-17-24(26(32)36)25(31)34-27(37)21-8-9-21/h1-7,16-17,21,33H,8-12,14-15,18H2,(H2,32,36)(H2,31,34,37)/b24-17+. The number of nitrogens with two attached hydrogens (primary N) is 2. The Labute approximate surface area is 215 Å². The molecule has 1 heterocycles. The molecule has 1 aliphatic heterocycles. The number of primary amides is 1. The number of nitrogens with zero attached hydrogens (tertiary/aromatic N) is 3. The van der Waals surface area contributed by atoms with Crippen LogP contribution in [-0.2, 0) is 16.1 Å². The molecular weight excluding hydrogens is 471 g/mol. The maximum atomic E-state index is 13.5. The number of halogens is 1. The lowest BCUT2D eigenvalue weighted by atomic mass is 9.84. The normalized spacial score (nSPS) is 18.2. The third-order valence-electron chi connectivity index (χ3n) is 6.97. The van der Waals surface area contributed by atoms with Gasteiger partial charge in [-0.05, 0) is 54.5 Å². The van der Waals surface area contributed by atoms with Crippen molar-refractivity contribution in [3.63, 3.8) is 0 Å². The summed E-state index contributed by atoms with van der Waals surface area (Å²) >= 11 is 0. The first kappa shape index (κ1) is 26.0. The van der Waals surface area contributed by atoms with Crippen LogP contribution in [0.5, 0.6) is 0 Å². The molecule has 37 heavy (non-hydrogen) atoms. The highest BCUT2D eigenvalue weighted by Gasteiger charge is 2.34. The van der Waals surface area contributed by atoms with E-state index >= 15 is 0 Å². The SMILES string of the molecule is N#CCC1(N/C=C(/C(N)=O)C(N)=NC(=O)C2CC2)CCN(Cc2ccc(-c3cccc(F)c3)cc2)CC1. The number of benzene rings is 2. The summed E-state index contributed by atoms with van der Waals surface area (Å²) in [7, 11) is 0. The van der Waals surface area contributed by atoms with E-state index in [0.717, 1.165) is 49.2 Å². The molecule has 192 valence electrons. The van der Waals surface area contributed by atoms with E-state index in [1.807, 2.05) is 30.3 Å². The zero-order chi connectivity index (χ0) is 26.4. The second-order valence-electron chi connectivity index (χ2n) is 9.77. The van der Waals surface area contributed by atoms with E-state index in [2.05, 4.69) is 21.3 Å². The van der Waals surface area contributed by atoms with Crippen molar-refractivity contribution in [2.45, 2.75) is 44.2 Å². The van der Waals surface area contributed by atoms with Crippen LogP contribution in [0.15, 0.2) is 65.3 Å². The van der Waals surface area contributed by atoms with Gasteiger partial charge in [0.15, 0.2) is 0 Å². The molecule has 0 radical (unpaired) electrons.